The number of rotatable bonds is 4. The Morgan fingerprint density at radius 3 is 2.36 bits per heavy atom. The molecule has 1 heterocycles. The number of carbonyl (C=O) groups is 3. The van der Waals surface area contributed by atoms with Gasteiger partial charge in [-0.3, -0.25) is 14.5 Å². The van der Waals surface area contributed by atoms with E-state index >= 15 is 0 Å². The van der Waals surface area contributed by atoms with Crippen LogP contribution in [0, 0.1) is 0 Å². The molecule has 2 fully saturated rings. The van der Waals surface area contributed by atoms with Crippen LogP contribution in [-0.2, 0) is 19.4 Å². The number of anilines is 1. The van der Waals surface area contributed by atoms with Gasteiger partial charge in [0.15, 0.2) is 9.84 Å². The molecule has 0 unspecified atom stereocenters. The molecular formula is C16H19N3O5S. The van der Waals surface area contributed by atoms with Crippen molar-refractivity contribution in [2.75, 3.05) is 18.1 Å². The molecule has 0 bridgehead atoms. The fourth-order valence-corrected chi connectivity index (χ4v) is 3.90. The highest BCUT2D eigenvalue weighted by Crippen LogP contribution is 2.34. The van der Waals surface area contributed by atoms with Gasteiger partial charge in [0.1, 0.15) is 12.1 Å². The van der Waals surface area contributed by atoms with Gasteiger partial charge in [-0.15, -0.1) is 0 Å². The number of hydrogen-bond donors (Lipinski definition) is 2. The average molecular weight is 365 g/mol. The number of nitrogens with zero attached hydrogens (tertiary/aromatic N) is 1. The molecule has 134 valence electrons. The summed E-state index contributed by atoms with van der Waals surface area (Å²) in [4.78, 5) is 37.7. The van der Waals surface area contributed by atoms with E-state index in [0.29, 0.717) is 18.5 Å². The number of imide groups is 1. The van der Waals surface area contributed by atoms with Crippen LogP contribution in [0.25, 0.3) is 0 Å². The lowest BCUT2D eigenvalue weighted by molar-refractivity contribution is -0.133. The molecule has 0 aromatic heterocycles. The summed E-state index contributed by atoms with van der Waals surface area (Å²) in [6.45, 7) is -0.375. The number of sulfone groups is 1. The smallest absolute Gasteiger partial charge is 0.325 e. The molecule has 1 aliphatic carbocycles. The first-order chi connectivity index (χ1) is 11.7. The van der Waals surface area contributed by atoms with Crippen LogP contribution in [0.1, 0.15) is 25.7 Å². The normalized spacial score (nSPS) is 19.3. The third kappa shape index (κ3) is 3.37. The summed E-state index contributed by atoms with van der Waals surface area (Å²) in [5.41, 5.74) is -0.450. The van der Waals surface area contributed by atoms with Crippen LogP contribution in [0.4, 0.5) is 10.5 Å². The molecule has 0 atom stereocenters. The van der Waals surface area contributed by atoms with E-state index in [0.717, 1.165) is 24.0 Å². The number of carbonyl (C=O) groups excluding carboxylic acids is 3. The van der Waals surface area contributed by atoms with E-state index < -0.39 is 27.3 Å². The molecule has 9 heteroatoms. The van der Waals surface area contributed by atoms with Gasteiger partial charge in [-0.25, -0.2) is 13.2 Å². The van der Waals surface area contributed by atoms with Crippen LogP contribution in [0.3, 0.4) is 0 Å². The molecule has 8 nitrogen and oxygen atoms in total. The summed E-state index contributed by atoms with van der Waals surface area (Å²) in [5.74, 6) is -0.872. The lowest BCUT2D eigenvalue weighted by Gasteiger charge is -2.19. The third-order valence-corrected chi connectivity index (χ3v) is 5.70. The summed E-state index contributed by atoms with van der Waals surface area (Å²) in [5, 5.41) is 5.27. The molecule has 1 aromatic carbocycles. The van der Waals surface area contributed by atoms with Gasteiger partial charge in [0.25, 0.3) is 5.91 Å². The highest BCUT2D eigenvalue weighted by atomic mass is 32.2. The van der Waals surface area contributed by atoms with Gasteiger partial charge in [0.05, 0.1) is 4.90 Å². The van der Waals surface area contributed by atoms with Crippen LogP contribution >= 0.6 is 0 Å². The molecular weight excluding hydrogens is 346 g/mol. The Morgan fingerprint density at radius 2 is 1.80 bits per heavy atom. The van der Waals surface area contributed by atoms with Crippen molar-refractivity contribution in [1.29, 1.82) is 0 Å². The van der Waals surface area contributed by atoms with Crippen LogP contribution < -0.4 is 10.6 Å². The maximum absolute atomic E-state index is 12.5. The Balaban J connectivity index is 1.65. The Bertz CT molecular complexity index is 826. The van der Waals surface area contributed by atoms with E-state index in [1.165, 1.54) is 24.3 Å². The van der Waals surface area contributed by atoms with Gasteiger partial charge < -0.3 is 10.6 Å². The maximum Gasteiger partial charge on any atom is 0.325 e. The predicted molar refractivity (Wildman–Crippen MR) is 89.6 cm³/mol. The minimum absolute atomic E-state index is 0.141. The molecule has 1 saturated heterocycles. The molecule has 25 heavy (non-hydrogen) atoms. The van der Waals surface area contributed by atoms with Crippen molar-refractivity contribution in [3.8, 4) is 0 Å². The molecule has 1 aromatic rings. The first-order valence-electron chi connectivity index (χ1n) is 7.95. The Morgan fingerprint density at radius 1 is 1.20 bits per heavy atom. The Labute approximate surface area is 145 Å². The molecule has 2 aliphatic rings. The molecule has 2 N–H and O–H groups in total. The molecule has 1 saturated carbocycles. The number of hydrogen-bond acceptors (Lipinski definition) is 5. The van der Waals surface area contributed by atoms with Gasteiger partial charge in [-0.1, -0.05) is 12.8 Å². The number of amides is 4. The van der Waals surface area contributed by atoms with Gasteiger partial charge in [-0.2, -0.15) is 0 Å². The second-order valence-corrected chi connectivity index (χ2v) is 8.47. The lowest BCUT2D eigenvalue weighted by Crippen LogP contribution is -2.44. The van der Waals surface area contributed by atoms with Crippen molar-refractivity contribution in [3.05, 3.63) is 24.3 Å². The zero-order valence-electron chi connectivity index (χ0n) is 13.7. The summed E-state index contributed by atoms with van der Waals surface area (Å²) >= 11 is 0. The van der Waals surface area contributed by atoms with Crippen molar-refractivity contribution >= 4 is 33.4 Å². The standard InChI is InChI=1S/C16H19N3O5S/c1-25(23,24)12-6-4-11(5-7-12)17-13(20)10-19-14(21)16(18-15(19)22)8-2-3-9-16/h4-7H,2-3,8-10H2,1H3,(H,17,20)(H,18,22). The Kier molecular flexibility index (Phi) is 4.28. The van der Waals surface area contributed by atoms with Crippen LogP contribution in [0.15, 0.2) is 29.2 Å². The quantitative estimate of drug-likeness (QED) is 0.770. The average Bonchev–Trinajstić information content (AvgIpc) is 3.08. The van der Waals surface area contributed by atoms with Gasteiger partial charge >= 0.3 is 6.03 Å². The van der Waals surface area contributed by atoms with Crippen molar-refractivity contribution in [1.82, 2.24) is 10.2 Å². The zero-order chi connectivity index (χ0) is 18.2. The summed E-state index contributed by atoms with van der Waals surface area (Å²) in [6.07, 6.45) is 4.04. The minimum Gasteiger partial charge on any atom is -0.325 e. The van der Waals surface area contributed by atoms with Gasteiger partial charge in [0, 0.05) is 11.9 Å². The first-order valence-corrected chi connectivity index (χ1v) is 9.84. The van der Waals surface area contributed by atoms with Crippen molar-refractivity contribution in [3.63, 3.8) is 0 Å². The summed E-state index contributed by atoms with van der Waals surface area (Å²) in [7, 11) is -3.31. The largest absolute Gasteiger partial charge is 0.325 e. The predicted octanol–water partition coefficient (Wildman–Crippen LogP) is 0.893. The van der Waals surface area contributed by atoms with E-state index in [1.807, 2.05) is 0 Å². The lowest BCUT2D eigenvalue weighted by atomic mass is 9.98. The van der Waals surface area contributed by atoms with Crippen molar-refractivity contribution in [2.45, 2.75) is 36.1 Å². The van der Waals surface area contributed by atoms with E-state index in [9.17, 15) is 22.8 Å². The fourth-order valence-electron chi connectivity index (χ4n) is 3.27. The maximum atomic E-state index is 12.5. The van der Waals surface area contributed by atoms with Crippen molar-refractivity contribution in [2.24, 2.45) is 0 Å². The van der Waals surface area contributed by atoms with E-state index in [2.05, 4.69) is 10.6 Å². The highest BCUT2D eigenvalue weighted by molar-refractivity contribution is 7.90. The molecule has 0 radical (unpaired) electrons. The fraction of sp³-hybridized carbons (Fsp3) is 0.438. The first kappa shape index (κ1) is 17.4. The van der Waals surface area contributed by atoms with E-state index in [1.54, 1.807) is 0 Å². The highest BCUT2D eigenvalue weighted by Gasteiger charge is 2.52. The molecule has 1 aliphatic heterocycles. The molecule has 4 amide bonds. The molecule has 1 spiro atoms. The van der Waals surface area contributed by atoms with Gasteiger partial charge in [0.2, 0.25) is 5.91 Å². The monoisotopic (exact) mass is 365 g/mol. The number of urea groups is 1. The second kappa shape index (κ2) is 6.14. The second-order valence-electron chi connectivity index (χ2n) is 6.46. The summed E-state index contributed by atoms with van der Waals surface area (Å²) < 4.78 is 22.8. The minimum atomic E-state index is -3.31. The van der Waals surface area contributed by atoms with E-state index in [-0.39, 0.29) is 17.3 Å². The summed E-state index contributed by atoms with van der Waals surface area (Å²) in [6, 6.07) is 5.13. The van der Waals surface area contributed by atoms with E-state index in [4.69, 9.17) is 0 Å². The molecule has 3 rings (SSSR count). The number of benzene rings is 1. The van der Waals surface area contributed by atoms with Gasteiger partial charge in [-0.05, 0) is 37.1 Å². The van der Waals surface area contributed by atoms with Crippen LogP contribution in [0.2, 0.25) is 0 Å². The number of nitrogens with one attached hydrogen (secondary N) is 2. The van der Waals surface area contributed by atoms with Crippen LogP contribution in [0.5, 0.6) is 0 Å². The SMILES string of the molecule is CS(=O)(=O)c1ccc(NC(=O)CN2C(=O)NC3(CCCC3)C2=O)cc1. The topological polar surface area (TPSA) is 113 Å². The third-order valence-electron chi connectivity index (χ3n) is 4.57. The Hall–Kier alpha value is -2.42. The van der Waals surface area contributed by atoms with Crippen molar-refractivity contribution < 1.29 is 22.8 Å². The zero-order valence-corrected chi connectivity index (χ0v) is 14.6. The van der Waals surface area contributed by atoms with Crippen LogP contribution in [-0.4, -0.2) is 49.5 Å².